The van der Waals surface area contributed by atoms with Crippen molar-refractivity contribution >= 4 is 5.97 Å². The first-order valence-electron chi connectivity index (χ1n) is 6.34. The molecular weight excluding hydrogens is 232 g/mol. The normalized spacial score (nSPS) is 24.4. The molecule has 1 saturated heterocycles. The molecule has 2 atom stereocenters. The monoisotopic (exact) mass is 252 g/mol. The van der Waals surface area contributed by atoms with E-state index in [-0.39, 0.29) is 11.8 Å². The molecule has 0 aliphatic carbocycles. The molecule has 0 aromatic carbocycles. The number of carbonyl (C=O) groups excluding carboxylic acids is 1. The van der Waals surface area contributed by atoms with Crippen LogP contribution in [0.5, 0.6) is 0 Å². The summed E-state index contributed by atoms with van der Waals surface area (Å²) in [5.74, 6) is 1.14. The molecule has 0 saturated carbocycles. The zero-order chi connectivity index (χ0) is 13.1. The fourth-order valence-electron chi connectivity index (χ4n) is 2.22. The van der Waals surface area contributed by atoms with Crippen LogP contribution in [0.1, 0.15) is 30.2 Å². The SMILES string of the molecule is CCOC(=O)c1ccc(CN2CC(C)C(N)C2)o1. The number of hydrogen-bond acceptors (Lipinski definition) is 5. The van der Waals surface area contributed by atoms with Gasteiger partial charge in [0.25, 0.3) is 0 Å². The van der Waals surface area contributed by atoms with Crippen LogP contribution in [0.3, 0.4) is 0 Å². The zero-order valence-electron chi connectivity index (χ0n) is 10.9. The number of ether oxygens (including phenoxy) is 1. The molecule has 100 valence electrons. The van der Waals surface area contributed by atoms with E-state index in [1.54, 1.807) is 13.0 Å². The van der Waals surface area contributed by atoms with Crippen molar-refractivity contribution in [3.63, 3.8) is 0 Å². The maximum absolute atomic E-state index is 11.4. The summed E-state index contributed by atoms with van der Waals surface area (Å²) in [5, 5.41) is 0. The van der Waals surface area contributed by atoms with Crippen LogP contribution in [0.25, 0.3) is 0 Å². The lowest BCUT2D eigenvalue weighted by atomic mass is 10.1. The van der Waals surface area contributed by atoms with Crippen LogP contribution in [0, 0.1) is 5.92 Å². The summed E-state index contributed by atoms with van der Waals surface area (Å²) in [6.07, 6.45) is 0. The van der Waals surface area contributed by atoms with E-state index in [0.29, 0.717) is 19.1 Å². The molecule has 1 fully saturated rings. The van der Waals surface area contributed by atoms with Crippen molar-refractivity contribution in [3.05, 3.63) is 23.7 Å². The van der Waals surface area contributed by atoms with E-state index in [1.165, 1.54) is 0 Å². The second kappa shape index (κ2) is 5.54. The molecule has 2 heterocycles. The van der Waals surface area contributed by atoms with Gasteiger partial charge in [0, 0.05) is 19.1 Å². The van der Waals surface area contributed by atoms with Crippen LogP contribution in [-0.2, 0) is 11.3 Å². The van der Waals surface area contributed by atoms with Crippen LogP contribution in [0.2, 0.25) is 0 Å². The Labute approximate surface area is 107 Å². The average molecular weight is 252 g/mol. The van der Waals surface area contributed by atoms with Gasteiger partial charge in [0.05, 0.1) is 13.2 Å². The minimum Gasteiger partial charge on any atom is -0.460 e. The Morgan fingerprint density at radius 3 is 2.94 bits per heavy atom. The van der Waals surface area contributed by atoms with Crippen molar-refractivity contribution in [2.45, 2.75) is 26.4 Å². The standard InChI is InChI=1S/C13H20N2O3/c1-3-17-13(16)12-5-4-10(18-12)7-15-6-9(2)11(14)8-15/h4-5,9,11H,3,6-8,14H2,1-2H3. The minimum absolute atomic E-state index is 0.226. The quantitative estimate of drug-likeness (QED) is 0.816. The number of furan rings is 1. The van der Waals surface area contributed by atoms with Gasteiger partial charge in [0.1, 0.15) is 5.76 Å². The van der Waals surface area contributed by atoms with Gasteiger partial charge in [-0.2, -0.15) is 0 Å². The van der Waals surface area contributed by atoms with Crippen LogP contribution in [0.4, 0.5) is 0 Å². The lowest BCUT2D eigenvalue weighted by Gasteiger charge is -2.12. The van der Waals surface area contributed by atoms with Crippen LogP contribution < -0.4 is 5.73 Å². The predicted molar refractivity (Wildman–Crippen MR) is 67.1 cm³/mol. The third kappa shape index (κ3) is 2.91. The van der Waals surface area contributed by atoms with Gasteiger partial charge in [-0.05, 0) is 25.0 Å². The molecular formula is C13H20N2O3. The molecule has 5 heteroatoms. The van der Waals surface area contributed by atoms with E-state index in [1.807, 2.05) is 6.07 Å². The number of nitrogens with two attached hydrogens (primary N) is 1. The first kappa shape index (κ1) is 13.1. The fourth-order valence-corrected chi connectivity index (χ4v) is 2.22. The van der Waals surface area contributed by atoms with E-state index in [4.69, 9.17) is 14.9 Å². The Bertz CT molecular complexity index is 406. The van der Waals surface area contributed by atoms with Crippen molar-refractivity contribution in [1.29, 1.82) is 0 Å². The van der Waals surface area contributed by atoms with Crippen LogP contribution in [0.15, 0.2) is 16.5 Å². The van der Waals surface area contributed by atoms with Gasteiger partial charge in [0.15, 0.2) is 0 Å². The lowest BCUT2D eigenvalue weighted by molar-refractivity contribution is 0.0486. The first-order valence-corrected chi connectivity index (χ1v) is 6.34. The van der Waals surface area contributed by atoms with Gasteiger partial charge in [-0.3, -0.25) is 4.90 Å². The molecule has 1 aromatic rings. The van der Waals surface area contributed by atoms with Crippen molar-refractivity contribution in [2.24, 2.45) is 11.7 Å². The van der Waals surface area contributed by atoms with Gasteiger partial charge in [-0.15, -0.1) is 0 Å². The average Bonchev–Trinajstić information content (AvgIpc) is 2.88. The maximum atomic E-state index is 11.4. The molecule has 0 bridgehead atoms. The molecule has 1 aliphatic rings. The third-order valence-corrected chi connectivity index (χ3v) is 3.26. The zero-order valence-corrected chi connectivity index (χ0v) is 10.9. The molecule has 2 N–H and O–H groups in total. The van der Waals surface area contributed by atoms with Gasteiger partial charge in [-0.1, -0.05) is 6.92 Å². The molecule has 5 nitrogen and oxygen atoms in total. The second-order valence-electron chi connectivity index (χ2n) is 4.82. The summed E-state index contributed by atoms with van der Waals surface area (Å²) < 4.78 is 10.4. The highest BCUT2D eigenvalue weighted by Crippen LogP contribution is 2.18. The number of carbonyl (C=O) groups is 1. The van der Waals surface area contributed by atoms with Crippen molar-refractivity contribution in [1.82, 2.24) is 4.90 Å². The number of rotatable bonds is 4. The van der Waals surface area contributed by atoms with E-state index < -0.39 is 5.97 Å². The summed E-state index contributed by atoms with van der Waals surface area (Å²) in [6, 6.07) is 3.71. The summed E-state index contributed by atoms with van der Waals surface area (Å²) >= 11 is 0. The number of likely N-dealkylation sites (tertiary alicyclic amines) is 1. The lowest BCUT2D eigenvalue weighted by Crippen LogP contribution is -2.28. The number of hydrogen-bond donors (Lipinski definition) is 1. The molecule has 0 spiro atoms. The van der Waals surface area contributed by atoms with Crippen LogP contribution >= 0.6 is 0 Å². The van der Waals surface area contributed by atoms with Gasteiger partial charge < -0.3 is 14.9 Å². The van der Waals surface area contributed by atoms with E-state index in [9.17, 15) is 4.79 Å². The predicted octanol–water partition coefficient (Wildman–Crippen LogP) is 1.24. The second-order valence-corrected chi connectivity index (χ2v) is 4.82. The number of nitrogens with zero attached hydrogens (tertiary/aromatic N) is 1. The molecule has 2 unspecified atom stereocenters. The smallest absolute Gasteiger partial charge is 0.374 e. The van der Waals surface area contributed by atoms with Crippen molar-refractivity contribution < 1.29 is 13.9 Å². The highest BCUT2D eigenvalue weighted by Gasteiger charge is 2.27. The fraction of sp³-hybridized carbons (Fsp3) is 0.615. The Morgan fingerprint density at radius 2 is 2.33 bits per heavy atom. The van der Waals surface area contributed by atoms with Crippen LogP contribution in [-0.4, -0.2) is 36.6 Å². The van der Waals surface area contributed by atoms with E-state index in [0.717, 1.165) is 18.8 Å². The third-order valence-electron chi connectivity index (χ3n) is 3.26. The first-order chi connectivity index (χ1) is 8.60. The molecule has 1 aromatic heterocycles. The summed E-state index contributed by atoms with van der Waals surface area (Å²) in [7, 11) is 0. The molecule has 2 rings (SSSR count). The Hall–Kier alpha value is -1.33. The van der Waals surface area contributed by atoms with Gasteiger partial charge >= 0.3 is 5.97 Å². The molecule has 0 amide bonds. The summed E-state index contributed by atoms with van der Waals surface area (Å²) in [5.41, 5.74) is 5.97. The molecule has 0 radical (unpaired) electrons. The van der Waals surface area contributed by atoms with E-state index in [2.05, 4.69) is 11.8 Å². The molecule has 1 aliphatic heterocycles. The molecule has 18 heavy (non-hydrogen) atoms. The summed E-state index contributed by atoms with van der Waals surface area (Å²) in [6.45, 7) is 6.81. The Morgan fingerprint density at radius 1 is 1.56 bits per heavy atom. The van der Waals surface area contributed by atoms with Gasteiger partial charge in [0.2, 0.25) is 5.76 Å². The van der Waals surface area contributed by atoms with Crippen molar-refractivity contribution in [2.75, 3.05) is 19.7 Å². The highest BCUT2D eigenvalue weighted by atomic mass is 16.5. The Balaban J connectivity index is 1.93. The van der Waals surface area contributed by atoms with Gasteiger partial charge in [-0.25, -0.2) is 4.79 Å². The van der Waals surface area contributed by atoms with E-state index >= 15 is 0 Å². The largest absolute Gasteiger partial charge is 0.460 e. The van der Waals surface area contributed by atoms with Crippen molar-refractivity contribution in [3.8, 4) is 0 Å². The summed E-state index contributed by atoms with van der Waals surface area (Å²) in [4.78, 5) is 13.7. The number of esters is 1. The topological polar surface area (TPSA) is 68.7 Å². The Kier molecular flexibility index (Phi) is 4.04. The minimum atomic E-state index is -0.407. The maximum Gasteiger partial charge on any atom is 0.374 e. The highest BCUT2D eigenvalue weighted by molar-refractivity contribution is 5.86.